The second-order valence-electron chi connectivity index (χ2n) is 6.24. The van der Waals surface area contributed by atoms with Crippen molar-refractivity contribution in [3.8, 4) is 0 Å². The lowest BCUT2D eigenvalue weighted by Gasteiger charge is -2.43. The molecule has 24 heavy (non-hydrogen) atoms. The number of urea groups is 1. The number of nitrogens with zero attached hydrogens (tertiary/aromatic N) is 1. The Hall–Kier alpha value is -2.35. The van der Waals surface area contributed by atoms with Gasteiger partial charge in [0.1, 0.15) is 5.76 Å². The third kappa shape index (κ3) is 4.14. The van der Waals surface area contributed by atoms with Gasteiger partial charge in [0.2, 0.25) is 11.8 Å². The summed E-state index contributed by atoms with van der Waals surface area (Å²) in [4.78, 5) is 37.5. The summed E-state index contributed by atoms with van der Waals surface area (Å²) in [5.41, 5.74) is 0. The number of amides is 4. The molecule has 1 aromatic rings. The van der Waals surface area contributed by atoms with Crippen molar-refractivity contribution in [2.45, 2.75) is 44.3 Å². The van der Waals surface area contributed by atoms with Gasteiger partial charge in [0.15, 0.2) is 0 Å². The Morgan fingerprint density at radius 2 is 2.17 bits per heavy atom. The highest BCUT2D eigenvalue weighted by Gasteiger charge is 2.37. The van der Waals surface area contributed by atoms with Crippen LogP contribution in [0.5, 0.6) is 0 Å². The molecular weight excluding hydrogens is 312 g/mol. The molecule has 3 rings (SSSR count). The van der Waals surface area contributed by atoms with E-state index < -0.39 is 11.9 Å². The lowest BCUT2D eigenvalue weighted by Crippen LogP contribution is -2.63. The average molecular weight is 334 g/mol. The maximum Gasteiger partial charge on any atom is 0.321 e. The minimum absolute atomic E-state index is 0.0444. The van der Waals surface area contributed by atoms with Crippen LogP contribution in [0.4, 0.5) is 4.79 Å². The molecule has 2 aliphatic rings. The lowest BCUT2D eigenvalue weighted by molar-refractivity contribution is -0.131. The van der Waals surface area contributed by atoms with Gasteiger partial charge in [0.25, 0.3) is 0 Å². The highest BCUT2D eigenvalue weighted by molar-refractivity contribution is 5.95. The summed E-state index contributed by atoms with van der Waals surface area (Å²) < 4.78 is 5.10. The van der Waals surface area contributed by atoms with E-state index in [9.17, 15) is 14.4 Å². The zero-order valence-corrected chi connectivity index (χ0v) is 13.4. The predicted molar refractivity (Wildman–Crippen MR) is 84.8 cm³/mol. The van der Waals surface area contributed by atoms with Crippen LogP contribution in [-0.4, -0.2) is 47.9 Å². The topological polar surface area (TPSA) is 104 Å². The number of carbonyl (C=O) groups excluding carboxylic acids is 3. The minimum Gasteiger partial charge on any atom is -0.467 e. The summed E-state index contributed by atoms with van der Waals surface area (Å²) in [5, 5.41) is 7.85. The summed E-state index contributed by atoms with van der Waals surface area (Å²) in [6, 6.07) is 3.17. The van der Waals surface area contributed by atoms with Crippen LogP contribution in [0.15, 0.2) is 22.8 Å². The molecule has 130 valence electrons. The van der Waals surface area contributed by atoms with Crippen molar-refractivity contribution >= 4 is 17.8 Å². The number of imide groups is 1. The van der Waals surface area contributed by atoms with Gasteiger partial charge in [0, 0.05) is 12.1 Å². The van der Waals surface area contributed by atoms with Crippen LogP contribution >= 0.6 is 0 Å². The number of piperazine rings is 1. The fourth-order valence-corrected chi connectivity index (χ4v) is 3.42. The van der Waals surface area contributed by atoms with Gasteiger partial charge in [-0.05, 0) is 25.0 Å². The normalized spacial score (nSPS) is 23.9. The van der Waals surface area contributed by atoms with Crippen molar-refractivity contribution in [3.05, 3.63) is 24.2 Å². The number of hydrogen-bond acceptors (Lipinski definition) is 5. The molecule has 3 N–H and O–H groups in total. The van der Waals surface area contributed by atoms with Crippen LogP contribution in [0, 0.1) is 0 Å². The SMILES string of the molecule is O=C(CN1CC(=O)NC2CCCCC21)NC(=O)NCc1ccco1. The first-order valence-corrected chi connectivity index (χ1v) is 8.25. The van der Waals surface area contributed by atoms with E-state index in [1.807, 2.05) is 4.90 Å². The summed E-state index contributed by atoms with van der Waals surface area (Å²) in [6.45, 7) is 0.453. The smallest absolute Gasteiger partial charge is 0.321 e. The first kappa shape index (κ1) is 16.5. The van der Waals surface area contributed by atoms with E-state index in [1.165, 1.54) is 6.26 Å². The third-order valence-corrected chi connectivity index (χ3v) is 4.49. The molecule has 4 amide bonds. The lowest BCUT2D eigenvalue weighted by atomic mass is 9.87. The number of fused-ring (bicyclic) bond motifs is 1. The van der Waals surface area contributed by atoms with Crippen LogP contribution in [0.1, 0.15) is 31.4 Å². The first-order valence-electron chi connectivity index (χ1n) is 8.25. The van der Waals surface area contributed by atoms with Crippen molar-refractivity contribution in [3.63, 3.8) is 0 Å². The van der Waals surface area contributed by atoms with Crippen LogP contribution in [0.2, 0.25) is 0 Å². The summed E-state index contributed by atoms with van der Waals surface area (Å²) in [5.74, 6) is 0.134. The van der Waals surface area contributed by atoms with Gasteiger partial charge in [-0.25, -0.2) is 4.79 Å². The molecule has 2 atom stereocenters. The Balaban J connectivity index is 1.48. The Labute approximate surface area is 139 Å². The summed E-state index contributed by atoms with van der Waals surface area (Å²) >= 11 is 0. The molecule has 2 unspecified atom stereocenters. The van der Waals surface area contributed by atoms with Crippen molar-refractivity contribution < 1.29 is 18.8 Å². The van der Waals surface area contributed by atoms with Crippen molar-refractivity contribution in [1.82, 2.24) is 20.9 Å². The fraction of sp³-hybridized carbons (Fsp3) is 0.562. The van der Waals surface area contributed by atoms with E-state index in [0.717, 1.165) is 25.7 Å². The Kier molecular flexibility index (Phi) is 5.14. The van der Waals surface area contributed by atoms with Crippen molar-refractivity contribution in [1.29, 1.82) is 0 Å². The summed E-state index contributed by atoms with van der Waals surface area (Å²) in [6.07, 6.45) is 5.61. The second kappa shape index (κ2) is 7.48. The van der Waals surface area contributed by atoms with E-state index in [2.05, 4.69) is 16.0 Å². The van der Waals surface area contributed by atoms with Gasteiger partial charge in [0.05, 0.1) is 25.9 Å². The number of furan rings is 1. The predicted octanol–water partition coefficient (Wildman–Crippen LogP) is 0.348. The molecule has 0 spiro atoms. The molecule has 8 heteroatoms. The second-order valence-corrected chi connectivity index (χ2v) is 6.24. The largest absolute Gasteiger partial charge is 0.467 e. The van der Waals surface area contributed by atoms with E-state index >= 15 is 0 Å². The van der Waals surface area contributed by atoms with Gasteiger partial charge in [-0.2, -0.15) is 0 Å². The molecule has 0 bridgehead atoms. The Morgan fingerprint density at radius 1 is 1.33 bits per heavy atom. The Bertz CT molecular complexity index is 601. The third-order valence-electron chi connectivity index (χ3n) is 4.49. The van der Waals surface area contributed by atoms with Gasteiger partial charge in [-0.3, -0.25) is 19.8 Å². The van der Waals surface area contributed by atoms with E-state index in [1.54, 1.807) is 12.1 Å². The number of nitrogens with one attached hydrogen (secondary N) is 3. The van der Waals surface area contributed by atoms with Crippen LogP contribution in [-0.2, 0) is 16.1 Å². The molecule has 1 aliphatic heterocycles. The monoisotopic (exact) mass is 334 g/mol. The minimum atomic E-state index is -0.571. The molecule has 2 fully saturated rings. The molecule has 1 aliphatic carbocycles. The van der Waals surface area contributed by atoms with Crippen LogP contribution in [0.25, 0.3) is 0 Å². The highest BCUT2D eigenvalue weighted by atomic mass is 16.3. The zero-order chi connectivity index (χ0) is 16.9. The van der Waals surface area contributed by atoms with Crippen LogP contribution in [0.3, 0.4) is 0 Å². The van der Waals surface area contributed by atoms with Crippen molar-refractivity contribution in [2.24, 2.45) is 0 Å². The maximum atomic E-state index is 12.1. The molecular formula is C16H22N4O4. The van der Waals surface area contributed by atoms with E-state index in [-0.39, 0.29) is 37.6 Å². The molecule has 0 radical (unpaired) electrons. The summed E-state index contributed by atoms with van der Waals surface area (Å²) in [7, 11) is 0. The van der Waals surface area contributed by atoms with Gasteiger partial charge in [-0.1, -0.05) is 12.8 Å². The van der Waals surface area contributed by atoms with Gasteiger partial charge >= 0.3 is 6.03 Å². The van der Waals surface area contributed by atoms with E-state index in [4.69, 9.17) is 4.42 Å². The Morgan fingerprint density at radius 3 is 2.96 bits per heavy atom. The molecule has 1 saturated carbocycles. The average Bonchev–Trinajstić information content (AvgIpc) is 3.06. The molecule has 1 saturated heterocycles. The van der Waals surface area contributed by atoms with Crippen LogP contribution < -0.4 is 16.0 Å². The zero-order valence-electron chi connectivity index (χ0n) is 13.4. The van der Waals surface area contributed by atoms with E-state index in [0.29, 0.717) is 5.76 Å². The highest BCUT2D eigenvalue weighted by Crippen LogP contribution is 2.25. The molecule has 1 aromatic heterocycles. The fourth-order valence-electron chi connectivity index (χ4n) is 3.42. The number of hydrogen-bond donors (Lipinski definition) is 3. The number of rotatable bonds is 4. The molecule has 0 aromatic carbocycles. The standard InChI is InChI=1S/C16H22N4O4/c21-14-9-20(13-6-2-1-5-12(13)18-14)10-15(22)19-16(23)17-8-11-4-3-7-24-11/h3-4,7,12-13H,1-2,5-6,8-10H2,(H,18,21)(H2,17,19,22,23). The maximum absolute atomic E-state index is 12.1. The first-order chi connectivity index (χ1) is 11.6. The molecule has 8 nitrogen and oxygen atoms in total. The quantitative estimate of drug-likeness (QED) is 0.737. The molecule has 2 heterocycles. The van der Waals surface area contributed by atoms with Gasteiger partial charge < -0.3 is 15.1 Å². The van der Waals surface area contributed by atoms with Crippen molar-refractivity contribution in [2.75, 3.05) is 13.1 Å². The van der Waals surface area contributed by atoms with Gasteiger partial charge in [-0.15, -0.1) is 0 Å². The number of carbonyl (C=O) groups is 3.